The predicted octanol–water partition coefficient (Wildman–Crippen LogP) is 1.08. The molecule has 2 aromatic rings. The molecule has 2 aromatic heterocycles. The maximum atomic E-state index is 11.6. The molecule has 0 spiro atoms. The molecule has 0 fully saturated rings. The van der Waals surface area contributed by atoms with Gasteiger partial charge in [0.2, 0.25) is 0 Å². The van der Waals surface area contributed by atoms with Crippen LogP contribution in [0, 0.1) is 25.2 Å². The van der Waals surface area contributed by atoms with E-state index in [0.29, 0.717) is 5.69 Å². The first-order valence-corrected chi connectivity index (χ1v) is 7.40. The number of nitriles is 1. The molecule has 0 saturated heterocycles. The SMILES string of the molecule is Cc1ccc(-n2nc(C)c(C#N)c2S(=O)(=O)Cl)nn1. The number of hydrogen-bond acceptors (Lipinski definition) is 6. The summed E-state index contributed by atoms with van der Waals surface area (Å²) in [6, 6.07) is 4.97. The molecule has 98 valence electrons. The highest BCUT2D eigenvalue weighted by atomic mass is 35.7. The van der Waals surface area contributed by atoms with Crippen LogP contribution in [0.1, 0.15) is 17.0 Å². The summed E-state index contributed by atoms with van der Waals surface area (Å²) in [5.74, 6) is 0.175. The van der Waals surface area contributed by atoms with Crippen molar-refractivity contribution in [2.24, 2.45) is 0 Å². The Morgan fingerprint density at radius 1 is 1.32 bits per heavy atom. The van der Waals surface area contributed by atoms with Gasteiger partial charge in [-0.3, -0.25) is 0 Å². The van der Waals surface area contributed by atoms with Crippen LogP contribution in [0.5, 0.6) is 0 Å². The fourth-order valence-electron chi connectivity index (χ4n) is 1.52. The highest BCUT2D eigenvalue weighted by Crippen LogP contribution is 2.24. The van der Waals surface area contributed by atoms with Crippen molar-refractivity contribution in [1.82, 2.24) is 20.0 Å². The van der Waals surface area contributed by atoms with E-state index in [1.807, 2.05) is 0 Å². The number of halogens is 1. The lowest BCUT2D eigenvalue weighted by Gasteiger charge is -2.03. The lowest BCUT2D eigenvalue weighted by atomic mass is 10.3. The summed E-state index contributed by atoms with van der Waals surface area (Å²) in [6.07, 6.45) is 0. The Balaban J connectivity index is 2.79. The van der Waals surface area contributed by atoms with Crippen molar-refractivity contribution >= 4 is 19.7 Å². The summed E-state index contributed by atoms with van der Waals surface area (Å²) in [5.41, 5.74) is 0.824. The zero-order valence-corrected chi connectivity index (χ0v) is 11.6. The van der Waals surface area contributed by atoms with Crippen molar-refractivity contribution in [3.8, 4) is 11.9 Å². The minimum atomic E-state index is -4.13. The van der Waals surface area contributed by atoms with E-state index in [4.69, 9.17) is 15.9 Å². The van der Waals surface area contributed by atoms with Crippen LogP contribution in [-0.4, -0.2) is 28.4 Å². The summed E-state index contributed by atoms with van der Waals surface area (Å²) in [4.78, 5) is 0. The summed E-state index contributed by atoms with van der Waals surface area (Å²) in [7, 11) is 1.22. The second-order valence-electron chi connectivity index (χ2n) is 3.76. The van der Waals surface area contributed by atoms with E-state index in [0.717, 1.165) is 4.68 Å². The third-order valence-electron chi connectivity index (χ3n) is 2.36. The molecule has 2 rings (SSSR count). The van der Waals surface area contributed by atoms with Gasteiger partial charge in [0.05, 0.1) is 11.4 Å². The lowest BCUT2D eigenvalue weighted by Crippen LogP contribution is -2.08. The Bertz CT molecular complexity index is 773. The van der Waals surface area contributed by atoms with E-state index in [1.165, 1.54) is 6.92 Å². The predicted molar refractivity (Wildman–Crippen MR) is 66.4 cm³/mol. The third kappa shape index (κ3) is 2.43. The monoisotopic (exact) mass is 297 g/mol. The minimum Gasteiger partial charge on any atom is -0.205 e. The Hall–Kier alpha value is -1.98. The molecule has 0 radical (unpaired) electrons. The molecule has 0 bridgehead atoms. The van der Waals surface area contributed by atoms with Gasteiger partial charge in [0.1, 0.15) is 11.6 Å². The Morgan fingerprint density at radius 3 is 2.47 bits per heavy atom. The molecule has 0 amide bonds. The van der Waals surface area contributed by atoms with Crippen LogP contribution in [-0.2, 0) is 9.05 Å². The van der Waals surface area contributed by atoms with Crippen molar-refractivity contribution in [2.75, 3.05) is 0 Å². The standard InChI is InChI=1S/C10H8ClN5O2S/c1-6-3-4-9(14-13-6)16-10(19(11,17)18)8(5-12)7(2)15-16/h3-4H,1-2H3. The lowest BCUT2D eigenvalue weighted by molar-refractivity contribution is 0.597. The minimum absolute atomic E-state index is 0.0997. The molecule has 0 N–H and O–H groups in total. The highest BCUT2D eigenvalue weighted by molar-refractivity contribution is 8.13. The van der Waals surface area contributed by atoms with E-state index >= 15 is 0 Å². The number of aryl methyl sites for hydroxylation is 2. The molecular formula is C10H8ClN5O2S. The van der Waals surface area contributed by atoms with E-state index in [2.05, 4.69) is 15.3 Å². The van der Waals surface area contributed by atoms with Gasteiger partial charge in [-0.15, -0.1) is 5.10 Å². The molecular weight excluding hydrogens is 290 g/mol. The quantitative estimate of drug-likeness (QED) is 0.769. The maximum Gasteiger partial charge on any atom is 0.280 e. The zero-order chi connectivity index (χ0) is 14.2. The molecule has 0 aliphatic heterocycles. The molecule has 0 saturated carbocycles. The summed E-state index contributed by atoms with van der Waals surface area (Å²) < 4.78 is 24.2. The largest absolute Gasteiger partial charge is 0.280 e. The second-order valence-corrected chi connectivity index (χ2v) is 6.24. The number of nitrogens with zero attached hydrogens (tertiary/aromatic N) is 5. The molecule has 0 aliphatic carbocycles. The van der Waals surface area contributed by atoms with Gasteiger partial charge in [0.25, 0.3) is 9.05 Å². The van der Waals surface area contributed by atoms with Crippen LogP contribution in [0.4, 0.5) is 0 Å². The van der Waals surface area contributed by atoms with E-state index < -0.39 is 14.1 Å². The first kappa shape index (κ1) is 13.5. The first-order chi connectivity index (χ1) is 8.84. The molecule has 0 aromatic carbocycles. The summed E-state index contributed by atoms with van der Waals surface area (Å²) >= 11 is 0. The molecule has 0 aliphatic rings. The van der Waals surface area contributed by atoms with Crippen LogP contribution < -0.4 is 0 Å². The van der Waals surface area contributed by atoms with Gasteiger partial charge in [-0.25, -0.2) is 8.42 Å². The van der Waals surface area contributed by atoms with Crippen LogP contribution in [0.3, 0.4) is 0 Å². The Labute approximate surface area is 113 Å². The Kier molecular flexibility index (Phi) is 3.26. The van der Waals surface area contributed by atoms with E-state index in [-0.39, 0.29) is 17.1 Å². The number of aromatic nitrogens is 4. The van der Waals surface area contributed by atoms with Crippen molar-refractivity contribution < 1.29 is 8.42 Å². The average Bonchev–Trinajstić information content (AvgIpc) is 2.66. The van der Waals surface area contributed by atoms with Gasteiger partial charge >= 0.3 is 0 Å². The van der Waals surface area contributed by atoms with Gasteiger partial charge in [-0.05, 0) is 26.0 Å². The number of rotatable bonds is 2. The van der Waals surface area contributed by atoms with Crippen molar-refractivity contribution in [1.29, 1.82) is 5.26 Å². The fraction of sp³-hybridized carbons (Fsp3) is 0.200. The van der Waals surface area contributed by atoms with Crippen LogP contribution in [0.2, 0.25) is 0 Å². The summed E-state index contributed by atoms with van der Waals surface area (Å²) in [6.45, 7) is 3.26. The Morgan fingerprint density at radius 2 is 2.00 bits per heavy atom. The molecule has 0 atom stereocenters. The van der Waals surface area contributed by atoms with Gasteiger partial charge in [-0.2, -0.15) is 20.1 Å². The van der Waals surface area contributed by atoms with Crippen molar-refractivity contribution in [2.45, 2.75) is 18.9 Å². The molecule has 7 nitrogen and oxygen atoms in total. The second kappa shape index (κ2) is 4.60. The highest BCUT2D eigenvalue weighted by Gasteiger charge is 2.27. The zero-order valence-electron chi connectivity index (χ0n) is 9.99. The van der Waals surface area contributed by atoms with Gasteiger partial charge in [-0.1, -0.05) is 0 Å². The van der Waals surface area contributed by atoms with Gasteiger partial charge < -0.3 is 0 Å². The average molecular weight is 298 g/mol. The van der Waals surface area contributed by atoms with E-state index in [9.17, 15) is 8.42 Å². The molecule has 19 heavy (non-hydrogen) atoms. The van der Waals surface area contributed by atoms with Gasteiger partial charge in [0.15, 0.2) is 10.8 Å². The van der Waals surface area contributed by atoms with E-state index in [1.54, 1.807) is 25.1 Å². The topological polar surface area (TPSA) is 102 Å². The molecule has 0 unspecified atom stereocenters. The first-order valence-electron chi connectivity index (χ1n) is 5.09. The van der Waals surface area contributed by atoms with Crippen LogP contribution in [0.25, 0.3) is 5.82 Å². The van der Waals surface area contributed by atoms with Crippen molar-refractivity contribution in [3.63, 3.8) is 0 Å². The smallest absolute Gasteiger partial charge is 0.205 e. The molecule has 2 heterocycles. The normalized spacial score (nSPS) is 11.3. The number of hydrogen-bond donors (Lipinski definition) is 0. The molecule has 9 heteroatoms. The van der Waals surface area contributed by atoms with Gasteiger partial charge in [0, 0.05) is 10.7 Å². The van der Waals surface area contributed by atoms with Crippen molar-refractivity contribution in [3.05, 3.63) is 29.1 Å². The van der Waals surface area contributed by atoms with Crippen LogP contribution in [0.15, 0.2) is 17.2 Å². The fourth-order valence-corrected chi connectivity index (χ4v) is 2.73. The summed E-state index contributed by atoms with van der Waals surface area (Å²) in [5, 5.41) is 20.2. The van der Waals surface area contributed by atoms with Crippen LogP contribution >= 0.6 is 10.7 Å². The maximum absolute atomic E-state index is 11.6. The third-order valence-corrected chi connectivity index (χ3v) is 3.64.